The second-order valence-corrected chi connectivity index (χ2v) is 4.86. The molecule has 0 unspecified atom stereocenters. The van der Waals surface area contributed by atoms with Crippen LogP contribution >= 0.6 is 8.46 Å². The SMILES string of the molecule is NNC(=O)C(P=O)(c1ccccc1)c1ccccc1. The lowest BCUT2D eigenvalue weighted by molar-refractivity contribution is -0.122. The fraction of sp³-hybridized carbons (Fsp3) is 0.0714. The van der Waals surface area contributed by atoms with Gasteiger partial charge in [-0.15, -0.1) is 0 Å². The summed E-state index contributed by atoms with van der Waals surface area (Å²) in [6, 6.07) is 17.9. The van der Waals surface area contributed by atoms with Crippen molar-refractivity contribution in [2.24, 2.45) is 5.84 Å². The number of hydrazine groups is 1. The maximum Gasteiger partial charge on any atom is 0.260 e. The van der Waals surface area contributed by atoms with Gasteiger partial charge in [0.1, 0.15) is 0 Å². The molecule has 0 bridgehead atoms. The Hall–Kier alpha value is -2.03. The Morgan fingerprint density at radius 1 is 0.947 bits per heavy atom. The van der Waals surface area contributed by atoms with Gasteiger partial charge in [-0.05, 0) is 11.1 Å². The fourth-order valence-electron chi connectivity index (χ4n) is 2.04. The van der Waals surface area contributed by atoms with Gasteiger partial charge in [0.2, 0.25) is 0 Å². The summed E-state index contributed by atoms with van der Waals surface area (Å²) in [4.78, 5) is 12.2. The first-order valence-corrected chi connectivity index (χ1v) is 6.53. The van der Waals surface area contributed by atoms with Crippen LogP contribution in [0, 0.1) is 0 Å². The van der Waals surface area contributed by atoms with E-state index in [2.05, 4.69) is 5.43 Å². The normalized spacial score (nSPS) is 11.2. The summed E-state index contributed by atoms with van der Waals surface area (Å²) in [5, 5.41) is -1.32. The van der Waals surface area contributed by atoms with Crippen LogP contribution in [0.15, 0.2) is 60.7 Å². The molecule has 3 N–H and O–H groups in total. The second kappa shape index (κ2) is 5.74. The Morgan fingerprint density at radius 3 is 1.68 bits per heavy atom. The van der Waals surface area contributed by atoms with Crippen molar-refractivity contribution >= 4 is 14.4 Å². The van der Waals surface area contributed by atoms with E-state index in [1.54, 1.807) is 48.5 Å². The summed E-state index contributed by atoms with van der Waals surface area (Å²) in [5.41, 5.74) is 3.36. The first-order chi connectivity index (χ1) is 9.25. The first kappa shape index (κ1) is 13.4. The highest BCUT2D eigenvalue weighted by Crippen LogP contribution is 2.41. The molecule has 0 radical (unpaired) electrons. The van der Waals surface area contributed by atoms with Crippen LogP contribution in [-0.2, 0) is 14.5 Å². The number of rotatable bonds is 4. The summed E-state index contributed by atoms with van der Waals surface area (Å²) in [5.74, 6) is 4.75. The molecule has 4 nitrogen and oxygen atoms in total. The number of nitrogens with one attached hydrogen (secondary N) is 1. The number of benzene rings is 2. The van der Waals surface area contributed by atoms with Crippen LogP contribution in [0.25, 0.3) is 0 Å². The minimum Gasteiger partial charge on any atom is -0.292 e. The highest BCUT2D eigenvalue weighted by atomic mass is 31.1. The van der Waals surface area contributed by atoms with E-state index in [4.69, 9.17) is 5.84 Å². The van der Waals surface area contributed by atoms with Crippen LogP contribution in [-0.4, -0.2) is 5.91 Å². The Bertz CT molecular complexity index is 533. The van der Waals surface area contributed by atoms with E-state index in [9.17, 15) is 9.36 Å². The lowest BCUT2D eigenvalue weighted by Crippen LogP contribution is -2.44. The highest BCUT2D eigenvalue weighted by Gasteiger charge is 2.43. The van der Waals surface area contributed by atoms with Crippen LogP contribution in [0.1, 0.15) is 11.1 Å². The molecule has 0 spiro atoms. The standard InChI is InChI=1S/C14H13N2O2P/c15-16-13(17)14(19-18,11-7-3-1-4-8-11)12-9-5-2-6-10-12/h1-10H,15H2,(H,16,17). The molecule has 0 fully saturated rings. The molecule has 2 aromatic carbocycles. The molecule has 0 heterocycles. The predicted octanol–water partition coefficient (Wildman–Crippen LogP) is 2.21. The van der Waals surface area contributed by atoms with Gasteiger partial charge in [-0.1, -0.05) is 60.7 Å². The van der Waals surface area contributed by atoms with Crippen LogP contribution < -0.4 is 11.3 Å². The fourth-order valence-corrected chi connectivity index (χ4v) is 2.70. The molecule has 0 saturated carbocycles. The smallest absolute Gasteiger partial charge is 0.260 e. The van der Waals surface area contributed by atoms with Crippen LogP contribution in [0.5, 0.6) is 0 Å². The second-order valence-electron chi connectivity index (χ2n) is 4.01. The van der Waals surface area contributed by atoms with Gasteiger partial charge in [0.25, 0.3) is 5.91 Å². The molecule has 0 saturated heterocycles. The zero-order chi connectivity index (χ0) is 13.7. The molecule has 0 aliphatic rings. The van der Waals surface area contributed by atoms with E-state index >= 15 is 0 Å². The molecule has 2 aromatic rings. The Labute approximate surface area is 112 Å². The quantitative estimate of drug-likeness (QED) is 0.388. The van der Waals surface area contributed by atoms with Gasteiger partial charge in [0, 0.05) is 0 Å². The molecule has 0 atom stereocenters. The topological polar surface area (TPSA) is 72.2 Å². The van der Waals surface area contributed by atoms with Crippen LogP contribution in [0.4, 0.5) is 0 Å². The summed E-state index contributed by atoms with van der Waals surface area (Å²) < 4.78 is 11.8. The van der Waals surface area contributed by atoms with Crippen molar-refractivity contribution in [2.75, 3.05) is 0 Å². The van der Waals surface area contributed by atoms with E-state index in [-0.39, 0.29) is 8.46 Å². The molecule has 5 heteroatoms. The van der Waals surface area contributed by atoms with E-state index in [0.717, 1.165) is 0 Å². The molecule has 0 aromatic heterocycles. The Kier molecular flexibility index (Phi) is 4.05. The van der Waals surface area contributed by atoms with Crippen molar-refractivity contribution in [1.82, 2.24) is 5.43 Å². The molecule has 19 heavy (non-hydrogen) atoms. The lowest BCUT2D eigenvalue weighted by atomic mass is 9.89. The van der Waals surface area contributed by atoms with Gasteiger partial charge in [0.15, 0.2) is 13.6 Å². The van der Waals surface area contributed by atoms with Crippen LogP contribution in [0.2, 0.25) is 0 Å². The first-order valence-electron chi connectivity index (χ1n) is 5.72. The molecule has 96 valence electrons. The average molecular weight is 272 g/mol. The monoisotopic (exact) mass is 272 g/mol. The summed E-state index contributed by atoms with van der Waals surface area (Å²) in [7, 11) is -0.333. The largest absolute Gasteiger partial charge is 0.292 e. The molecule has 0 aliphatic carbocycles. The number of hydrogen-bond acceptors (Lipinski definition) is 3. The highest BCUT2D eigenvalue weighted by molar-refractivity contribution is 7.27. The number of nitrogens with two attached hydrogens (primary N) is 1. The molecular formula is C14H13N2O2P. The third kappa shape index (κ3) is 2.28. The predicted molar refractivity (Wildman–Crippen MR) is 73.6 cm³/mol. The zero-order valence-electron chi connectivity index (χ0n) is 10.1. The molecule has 1 amide bonds. The van der Waals surface area contributed by atoms with E-state index < -0.39 is 11.1 Å². The van der Waals surface area contributed by atoms with Crippen molar-refractivity contribution in [2.45, 2.75) is 5.16 Å². The van der Waals surface area contributed by atoms with Crippen molar-refractivity contribution in [3.05, 3.63) is 71.8 Å². The van der Waals surface area contributed by atoms with Gasteiger partial charge in [-0.25, -0.2) is 5.84 Å². The van der Waals surface area contributed by atoms with E-state index in [1.807, 2.05) is 12.1 Å². The minimum atomic E-state index is -1.32. The number of carbonyl (C=O) groups is 1. The van der Waals surface area contributed by atoms with Gasteiger partial charge in [-0.2, -0.15) is 0 Å². The summed E-state index contributed by atoms with van der Waals surface area (Å²) in [6.07, 6.45) is 0. The summed E-state index contributed by atoms with van der Waals surface area (Å²) >= 11 is 0. The third-order valence-corrected chi connectivity index (χ3v) is 3.97. The van der Waals surface area contributed by atoms with Gasteiger partial charge >= 0.3 is 0 Å². The Balaban J connectivity index is 2.69. The lowest BCUT2D eigenvalue weighted by Gasteiger charge is -2.25. The van der Waals surface area contributed by atoms with Crippen LogP contribution in [0.3, 0.4) is 0 Å². The maximum atomic E-state index is 12.2. The van der Waals surface area contributed by atoms with Crippen molar-refractivity contribution in [3.8, 4) is 0 Å². The van der Waals surface area contributed by atoms with Gasteiger partial charge in [-0.3, -0.25) is 14.8 Å². The van der Waals surface area contributed by atoms with Crippen molar-refractivity contribution in [1.29, 1.82) is 0 Å². The summed E-state index contributed by atoms with van der Waals surface area (Å²) in [6.45, 7) is 0. The average Bonchev–Trinajstić information content (AvgIpc) is 2.50. The molecule has 0 aliphatic heterocycles. The van der Waals surface area contributed by atoms with Crippen molar-refractivity contribution in [3.63, 3.8) is 0 Å². The maximum absolute atomic E-state index is 12.2. The number of amides is 1. The molecule has 2 rings (SSSR count). The van der Waals surface area contributed by atoms with Crippen molar-refractivity contribution < 1.29 is 9.36 Å². The van der Waals surface area contributed by atoms with E-state index in [1.165, 1.54) is 0 Å². The number of hydrogen-bond donors (Lipinski definition) is 2. The van der Waals surface area contributed by atoms with Gasteiger partial charge < -0.3 is 0 Å². The zero-order valence-corrected chi connectivity index (χ0v) is 11.0. The van der Waals surface area contributed by atoms with E-state index in [0.29, 0.717) is 11.1 Å². The minimum absolute atomic E-state index is 0.333. The Morgan fingerprint density at radius 2 is 1.37 bits per heavy atom. The van der Waals surface area contributed by atoms with Gasteiger partial charge in [0.05, 0.1) is 0 Å². The molecular weight excluding hydrogens is 259 g/mol. The number of carbonyl (C=O) groups excluding carboxylic acids is 1. The third-order valence-electron chi connectivity index (χ3n) is 2.98.